The number of aryl methyl sites for hydroxylation is 1. The summed E-state index contributed by atoms with van der Waals surface area (Å²) in [6.45, 7) is 2.00. The van der Waals surface area contributed by atoms with Crippen LogP contribution < -0.4 is 10.2 Å². The predicted octanol–water partition coefficient (Wildman–Crippen LogP) is 5.15. The van der Waals surface area contributed by atoms with Gasteiger partial charge in [-0.05, 0) is 61.0 Å². The van der Waals surface area contributed by atoms with Crippen molar-refractivity contribution in [2.24, 2.45) is 5.10 Å². The summed E-state index contributed by atoms with van der Waals surface area (Å²) in [4.78, 5) is 12.4. The van der Waals surface area contributed by atoms with E-state index in [1.165, 1.54) is 11.8 Å². The Morgan fingerprint density at radius 3 is 2.59 bits per heavy atom. The Labute approximate surface area is 206 Å². The molecule has 0 bridgehead atoms. The van der Waals surface area contributed by atoms with Gasteiger partial charge in [0.1, 0.15) is 5.75 Å². The molecular weight excluding hydrogens is 470 g/mol. The number of thioether (sulfide) groups is 1. The topological polar surface area (TPSA) is 81.4 Å². The van der Waals surface area contributed by atoms with Crippen LogP contribution in [0.1, 0.15) is 11.1 Å². The Morgan fingerprint density at radius 2 is 1.88 bits per heavy atom. The number of carbonyl (C=O) groups is 1. The Kier molecular flexibility index (Phi) is 7.61. The average Bonchev–Trinajstić information content (AvgIpc) is 3.27. The molecule has 34 heavy (non-hydrogen) atoms. The van der Waals surface area contributed by atoms with E-state index < -0.39 is 0 Å². The molecule has 0 aliphatic carbocycles. The van der Waals surface area contributed by atoms with Gasteiger partial charge in [-0.3, -0.25) is 9.36 Å². The molecule has 4 rings (SSSR count). The highest BCUT2D eigenvalue weighted by Gasteiger charge is 2.17. The van der Waals surface area contributed by atoms with E-state index in [2.05, 4.69) is 20.7 Å². The minimum atomic E-state index is -0.245. The van der Waals surface area contributed by atoms with Crippen molar-refractivity contribution >= 4 is 35.5 Å². The van der Waals surface area contributed by atoms with Crippen molar-refractivity contribution in [2.75, 3.05) is 12.9 Å². The van der Waals surface area contributed by atoms with Gasteiger partial charge in [-0.15, -0.1) is 10.2 Å². The number of hydrogen-bond acceptors (Lipinski definition) is 6. The van der Waals surface area contributed by atoms with Crippen LogP contribution in [0.3, 0.4) is 0 Å². The number of rotatable bonds is 8. The number of ether oxygens (including phenoxy) is 1. The lowest BCUT2D eigenvalue weighted by molar-refractivity contribution is -0.118. The van der Waals surface area contributed by atoms with E-state index in [0.717, 1.165) is 28.1 Å². The van der Waals surface area contributed by atoms with E-state index in [1.54, 1.807) is 25.5 Å². The average molecular weight is 492 g/mol. The van der Waals surface area contributed by atoms with Crippen molar-refractivity contribution in [2.45, 2.75) is 12.1 Å². The van der Waals surface area contributed by atoms with Gasteiger partial charge in [0.25, 0.3) is 5.91 Å². The van der Waals surface area contributed by atoms with Gasteiger partial charge in [-0.1, -0.05) is 53.2 Å². The van der Waals surface area contributed by atoms with Crippen molar-refractivity contribution < 1.29 is 9.53 Å². The van der Waals surface area contributed by atoms with Crippen LogP contribution in [-0.2, 0) is 4.79 Å². The molecule has 0 radical (unpaired) electrons. The maximum Gasteiger partial charge on any atom is 0.250 e. The third kappa shape index (κ3) is 5.84. The van der Waals surface area contributed by atoms with Crippen molar-refractivity contribution in [1.82, 2.24) is 20.2 Å². The van der Waals surface area contributed by atoms with E-state index in [-0.39, 0.29) is 11.7 Å². The van der Waals surface area contributed by atoms with Crippen LogP contribution in [0.5, 0.6) is 5.75 Å². The number of aromatic nitrogens is 3. The molecule has 1 amide bonds. The molecule has 0 aliphatic rings. The smallest absolute Gasteiger partial charge is 0.250 e. The van der Waals surface area contributed by atoms with E-state index in [1.807, 2.05) is 72.2 Å². The largest absolute Gasteiger partial charge is 0.497 e. The van der Waals surface area contributed by atoms with Crippen LogP contribution >= 0.6 is 23.4 Å². The first-order chi connectivity index (χ1) is 16.5. The molecule has 0 unspecified atom stereocenters. The molecule has 0 fully saturated rings. The Balaban J connectivity index is 1.52. The summed E-state index contributed by atoms with van der Waals surface area (Å²) < 4.78 is 7.15. The standard InChI is InChI=1S/C25H22ClN5O2S/c1-17-4-3-5-18(14-17)15-27-28-23(32)16-34-25-30-29-24(19-6-12-22(33-2)13-7-19)31(25)21-10-8-20(26)9-11-21/h3-15H,16H2,1-2H3,(H,28,32)/b27-15-. The number of hydrogen-bond donors (Lipinski definition) is 1. The second-order valence-electron chi connectivity index (χ2n) is 7.34. The molecule has 9 heteroatoms. The highest BCUT2D eigenvalue weighted by atomic mass is 35.5. The molecular formula is C25H22ClN5O2S. The lowest BCUT2D eigenvalue weighted by Gasteiger charge is -2.11. The minimum absolute atomic E-state index is 0.124. The molecule has 0 atom stereocenters. The van der Waals surface area contributed by atoms with Crippen LogP contribution in [0.2, 0.25) is 5.02 Å². The van der Waals surface area contributed by atoms with Crippen LogP contribution in [0.15, 0.2) is 83.1 Å². The molecule has 4 aromatic rings. The van der Waals surface area contributed by atoms with E-state index in [0.29, 0.717) is 16.0 Å². The van der Waals surface area contributed by atoms with Gasteiger partial charge in [0.05, 0.1) is 19.1 Å². The summed E-state index contributed by atoms with van der Waals surface area (Å²) in [5, 5.41) is 14.0. The van der Waals surface area contributed by atoms with Gasteiger partial charge >= 0.3 is 0 Å². The number of benzene rings is 3. The Bertz CT molecular complexity index is 1300. The summed E-state index contributed by atoms with van der Waals surface area (Å²) in [6, 6.07) is 22.8. The summed E-state index contributed by atoms with van der Waals surface area (Å²) in [7, 11) is 1.62. The Morgan fingerprint density at radius 1 is 1.12 bits per heavy atom. The first-order valence-corrected chi connectivity index (χ1v) is 11.8. The van der Waals surface area contributed by atoms with Crippen LogP contribution in [0, 0.1) is 6.92 Å². The third-order valence-corrected chi connectivity index (χ3v) is 6.02. The number of amides is 1. The number of halogens is 1. The minimum Gasteiger partial charge on any atom is -0.497 e. The molecule has 0 saturated carbocycles. The van der Waals surface area contributed by atoms with Crippen molar-refractivity contribution in [3.63, 3.8) is 0 Å². The fraction of sp³-hybridized carbons (Fsp3) is 0.120. The molecule has 7 nitrogen and oxygen atoms in total. The molecule has 0 saturated heterocycles. The second-order valence-corrected chi connectivity index (χ2v) is 8.72. The maximum absolute atomic E-state index is 12.4. The SMILES string of the molecule is COc1ccc(-c2nnc(SCC(=O)N/N=C\c3cccc(C)c3)n2-c2ccc(Cl)cc2)cc1. The van der Waals surface area contributed by atoms with E-state index in [9.17, 15) is 4.79 Å². The molecule has 0 spiro atoms. The molecule has 3 aromatic carbocycles. The Hall–Kier alpha value is -3.62. The monoisotopic (exact) mass is 491 g/mol. The first kappa shape index (κ1) is 23.5. The van der Waals surface area contributed by atoms with Gasteiger partial charge in [-0.2, -0.15) is 5.10 Å². The molecule has 0 aliphatic heterocycles. The normalized spacial score (nSPS) is 11.0. The van der Waals surface area contributed by atoms with Gasteiger partial charge in [-0.25, -0.2) is 5.43 Å². The summed E-state index contributed by atoms with van der Waals surface area (Å²) in [5.41, 5.74) is 6.30. The van der Waals surface area contributed by atoms with Gasteiger partial charge in [0.15, 0.2) is 11.0 Å². The molecule has 1 aromatic heterocycles. The number of nitrogens with zero attached hydrogens (tertiary/aromatic N) is 4. The van der Waals surface area contributed by atoms with Crippen molar-refractivity contribution in [3.8, 4) is 22.8 Å². The van der Waals surface area contributed by atoms with Crippen LogP contribution in [0.25, 0.3) is 17.1 Å². The summed E-state index contributed by atoms with van der Waals surface area (Å²) in [5.74, 6) is 1.27. The van der Waals surface area contributed by atoms with E-state index in [4.69, 9.17) is 16.3 Å². The molecule has 1 heterocycles. The zero-order valence-corrected chi connectivity index (χ0v) is 20.2. The fourth-order valence-corrected chi connectivity index (χ4v) is 4.08. The zero-order chi connectivity index (χ0) is 23.9. The lowest BCUT2D eigenvalue weighted by Crippen LogP contribution is -2.20. The second kappa shape index (κ2) is 11.0. The number of nitrogens with one attached hydrogen (secondary N) is 1. The summed E-state index contributed by atoms with van der Waals surface area (Å²) >= 11 is 7.35. The number of carbonyl (C=O) groups excluding carboxylic acids is 1. The highest BCUT2D eigenvalue weighted by molar-refractivity contribution is 7.99. The molecule has 172 valence electrons. The quantitative estimate of drug-likeness (QED) is 0.209. The van der Waals surface area contributed by atoms with Crippen LogP contribution in [-0.4, -0.2) is 39.7 Å². The highest BCUT2D eigenvalue weighted by Crippen LogP contribution is 2.29. The van der Waals surface area contributed by atoms with Gasteiger partial charge in [0, 0.05) is 16.3 Å². The van der Waals surface area contributed by atoms with Gasteiger partial charge in [0.2, 0.25) is 0 Å². The first-order valence-electron chi connectivity index (χ1n) is 10.4. The number of hydrazone groups is 1. The molecule has 1 N–H and O–H groups in total. The van der Waals surface area contributed by atoms with Gasteiger partial charge < -0.3 is 4.74 Å². The van der Waals surface area contributed by atoms with E-state index >= 15 is 0 Å². The third-order valence-electron chi connectivity index (χ3n) is 4.84. The lowest BCUT2D eigenvalue weighted by atomic mass is 10.2. The number of methoxy groups -OCH3 is 1. The van der Waals surface area contributed by atoms with Crippen molar-refractivity contribution in [3.05, 3.63) is 88.9 Å². The van der Waals surface area contributed by atoms with Crippen molar-refractivity contribution in [1.29, 1.82) is 0 Å². The maximum atomic E-state index is 12.4. The fourth-order valence-electron chi connectivity index (χ4n) is 3.20. The predicted molar refractivity (Wildman–Crippen MR) is 136 cm³/mol. The summed E-state index contributed by atoms with van der Waals surface area (Å²) in [6.07, 6.45) is 1.62. The zero-order valence-electron chi connectivity index (χ0n) is 18.6. The van der Waals surface area contributed by atoms with Crippen LogP contribution in [0.4, 0.5) is 0 Å².